The summed E-state index contributed by atoms with van der Waals surface area (Å²) >= 11 is 0. The second kappa shape index (κ2) is 9.07. The Balaban J connectivity index is 1.59. The van der Waals surface area contributed by atoms with Crippen LogP contribution in [0, 0.1) is 34.5 Å². The first kappa shape index (κ1) is 24.3. The molecule has 3 saturated carbocycles. The molecule has 0 N–H and O–H groups in total. The molecule has 8 atom stereocenters. The van der Waals surface area contributed by atoms with Crippen LogP contribution in [0.25, 0.3) is 0 Å². The van der Waals surface area contributed by atoms with E-state index in [4.69, 9.17) is 14.2 Å². The summed E-state index contributed by atoms with van der Waals surface area (Å²) in [4.78, 5) is 35.0. The summed E-state index contributed by atoms with van der Waals surface area (Å²) in [6, 6.07) is 0. The number of ether oxygens (including phenoxy) is 3. The molecule has 0 spiro atoms. The maximum absolute atomic E-state index is 11.8. The number of carbonyl (C=O) groups is 3. The molecule has 6 nitrogen and oxygen atoms in total. The Hall–Kier alpha value is -1.85. The fraction of sp³-hybridized carbons (Fsp3) is 0.815. The molecule has 0 amide bonds. The van der Waals surface area contributed by atoms with Gasteiger partial charge in [-0.3, -0.25) is 14.4 Å². The average Bonchev–Trinajstić information content (AvgIpc) is 3.08. The van der Waals surface area contributed by atoms with Gasteiger partial charge in [-0.15, -0.1) is 0 Å². The van der Waals surface area contributed by atoms with E-state index in [9.17, 15) is 14.4 Å². The van der Waals surface area contributed by atoms with Crippen LogP contribution in [0.1, 0.15) is 86.0 Å². The fourth-order valence-corrected chi connectivity index (χ4v) is 8.29. The van der Waals surface area contributed by atoms with Crippen molar-refractivity contribution >= 4 is 17.9 Å². The Bertz CT molecular complexity index is 832. The normalized spacial score (nSPS) is 40.4. The number of carbonyl (C=O) groups excluding carboxylic acids is 3. The van der Waals surface area contributed by atoms with Crippen LogP contribution in [0.3, 0.4) is 0 Å². The summed E-state index contributed by atoms with van der Waals surface area (Å²) in [6.45, 7) is 9.35. The zero-order chi connectivity index (χ0) is 24.0. The summed E-state index contributed by atoms with van der Waals surface area (Å²) in [5.41, 5.74) is 1.55. The number of rotatable bonds is 5. The first-order valence-electron chi connectivity index (χ1n) is 12.7. The van der Waals surface area contributed by atoms with Gasteiger partial charge in [0.1, 0.15) is 12.2 Å². The van der Waals surface area contributed by atoms with Crippen molar-refractivity contribution in [3.05, 3.63) is 11.6 Å². The summed E-state index contributed by atoms with van der Waals surface area (Å²) < 4.78 is 17.0. The van der Waals surface area contributed by atoms with Crippen LogP contribution in [0.4, 0.5) is 0 Å². The zero-order valence-corrected chi connectivity index (χ0v) is 20.9. The maximum Gasteiger partial charge on any atom is 0.302 e. The van der Waals surface area contributed by atoms with E-state index in [1.54, 1.807) is 5.57 Å². The van der Waals surface area contributed by atoms with Crippen LogP contribution < -0.4 is 0 Å². The van der Waals surface area contributed by atoms with Crippen molar-refractivity contribution < 1.29 is 28.6 Å². The van der Waals surface area contributed by atoms with Crippen molar-refractivity contribution in [2.24, 2.45) is 34.5 Å². The van der Waals surface area contributed by atoms with Gasteiger partial charge in [-0.2, -0.15) is 0 Å². The van der Waals surface area contributed by atoms with Gasteiger partial charge >= 0.3 is 17.9 Å². The lowest BCUT2D eigenvalue weighted by Gasteiger charge is -2.60. The van der Waals surface area contributed by atoms with Gasteiger partial charge in [-0.1, -0.05) is 18.6 Å². The Labute approximate surface area is 197 Å². The van der Waals surface area contributed by atoms with Crippen molar-refractivity contribution in [1.29, 1.82) is 0 Å². The highest BCUT2D eigenvalue weighted by atomic mass is 16.5. The van der Waals surface area contributed by atoms with Crippen LogP contribution in [0.2, 0.25) is 0 Å². The van der Waals surface area contributed by atoms with Gasteiger partial charge in [0, 0.05) is 32.1 Å². The molecule has 0 aromatic carbocycles. The number of hydrogen-bond acceptors (Lipinski definition) is 6. The topological polar surface area (TPSA) is 78.9 Å². The third-order valence-corrected chi connectivity index (χ3v) is 9.58. The summed E-state index contributed by atoms with van der Waals surface area (Å²) in [5, 5.41) is 0. The predicted octanol–water partition coefficient (Wildman–Crippen LogP) is 4.99. The van der Waals surface area contributed by atoms with Crippen molar-refractivity contribution in [1.82, 2.24) is 0 Å². The number of allylic oxidation sites excluding steroid dienone is 2. The molecule has 184 valence electrons. The number of hydrogen-bond donors (Lipinski definition) is 0. The molecular formula is C27H40O6. The van der Waals surface area contributed by atoms with E-state index in [1.807, 2.05) is 6.92 Å². The minimum atomic E-state index is -0.219. The molecule has 4 rings (SSSR count). The lowest BCUT2D eigenvalue weighted by atomic mass is 9.45. The minimum absolute atomic E-state index is 0.0250. The molecular weight excluding hydrogens is 420 g/mol. The van der Waals surface area contributed by atoms with Gasteiger partial charge in [0.05, 0.1) is 6.61 Å². The number of esters is 3. The second-order valence-electron chi connectivity index (χ2n) is 11.3. The Morgan fingerprint density at radius 3 is 2.45 bits per heavy atom. The van der Waals surface area contributed by atoms with Crippen molar-refractivity contribution in [2.45, 2.75) is 98.2 Å². The van der Waals surface area contributed by atoms with E-state index in [-0.39, 0.29) is 40.9 Å². The molecule has 0 aromatic heterocycles. The first-order valence-corrected chi connectivity index (χ1v) is 12.7. The van der Waals surface area contributed by atoms with Crippen LogP contribution in [0.5, 0.6) is 0 Å². The minimum Gasteiger partial charge on any atom is -0.465 e. The first-order chi connectivity index (χ1) is 15.6. The highest BCUT2D eigenvalue weighted by Crippen LogP contribution is 2.66. The van der Waals surface area contributed by atoms with E-state index in [0.29, 0.717) is 30.3 Å². The summed E-state index contributed by atoms with van der Waals surface area (Å²) in [7, 11) is 0. The molecule has 6 heteroatoms. The monoisotopic (exact) mass is 460 g/mol. The second-order valence-corrected chi connectivity index (χ2v) is 11.3. The fourth-order valence-electron chi connectivity index (χ4n) is 8.29. The van der Waals surface area contributed by atoms with Crippen LogP contribution in [-0.2, 0) is 28.6 Å². The van der Waals surface area contributed by atoms with E-state index >= 15 is 0 Å². The van der Waals surface area contributed by atoms with Gasteiger partial charge in [-0.05, 0) is 81.5 Å². The molecule has 4 aliphatic carbocycles. The van der Waals surface area contributed by atoms with Crippen LogP contribution >= 0.6 is 0 Å². The largest absolute Gasteiger partial charge is 0.465 e. The molecule has 0 aromatic rings. The maximum atomic E-state index is 11.8. The molecule has 4 aliphatic rings. The zero-order valence-electron chi connectivity index (χ0n) is 20.9. The molecule has 1 unspecified atom stereocenters. The van der Waals surface area contributed by atoms with E-state index in [0.717, 1.165) is 51.4 Å². The molecule has 0 heterocycles. The summed E-state index contributed by atoms with van der Waals surface area (Å²) in [6.07, 6.45) is 10.3. The molecule has 0 saturated heterocycles. The predicted molar refractivity (Wildman–Crippen MR) is 123 cm³/mol. The molecule has 0 aliphatic heterocycles. The third-order valence-electron chi connectivity index (χ3n) is 9.58. The Kier molecular flexibility index (Phi) is 6.67. The van der Waals surface area contributed by atoms with Gasteiger partial charge in [0.25, 0.3) is 0 Å². The smallest absolute Gasteiger partial charge is 0.302 e. The van der Waals surface area contributed by atoms with Crippen molar-refractivity contribution in [2.75, 3.05) is 6.61 Å². The third kappa shape index (κ3) is 4.35. The molecule has 3 fully saturated rings. The lowest BCUT2D eigenvalue weighted by Crippen LogP contribution is -2.56. The highest BCUT2D eigenvalue weighted by Gasteiger charge is 2.60. The molecule has 33 heavy (non-hydrogen) atoms. The van der Waals surface area contributed by atoms with E-state index < -0.39 is 0 Å². The SMILES string of the molecule is CC(=O)OC[C@]12CC[C@H](OC(C)=O)C[C@@H]1CC[C@H]1C3=CC[C@H](C(C)OC(C)=O)[C@@]3(C)CC[C@@H]12. The molecule has 0 bridgehead atoms. The Morgan fingerprint density at radius 2 is 1.79 bits per heavy atom. The van der Waals surface area contributed by atoms with Gasteiger partial charge < -0.3 is 14.2 Å². The Morgan fingerprint density at radius 1 is 1.03 bits per heavy atom. The number of fused-ring (bicyclic) bond motifs is 5. The van der Waals surface area contributed by atoms with E-state index in [2.05, 4.69) is 13.0 Å². The van der Waals surface area contributed by atoms with Gasteiger partial charge in [0.2, 0.25) is 0 Å². The van der Waals surface area contributed by atoms with Crippen molar-refractivity contribution in [3.8, 4) is 0 Å². The quantitative estimate of drug-likeness (QED) is 0.327. The van der Waals surface area contributed by atoms with Gasteiger partial charge in [-0.25, -0.2) is 0 Å². The van der Waals surface area contributed by atoms with Crippen molar-refractivity contribution in [3.63, 3.8) is 0 Å². The van der Waals surface area contributed by atoms with Gasteiger partial charge in [0.15, 0.2) is 0 Å². The highest BCUT2D eigenvalue weighted by molar-refractivity contribution is 5.66. The summed E-state index contributed by atoms with van der Waals surface area (Å²) in [5.74, 6) is 1.03. The standard InChI is InChI=1S/C27H40O6/c1-16(32-18(3)29)23-8-9-24-22-7-6-20-14-21(33-19(4)30)10-13-27(20,15-31-17(2)28)25(22)11-12-26(23,24)5/h9,16,20-23,25H,6-8,10-15H2,1-5H3/t16?,20-,21-,22-,23+,25-,26+,27+/m0/s1. The average molecular weight is 461 g/mol. The van der Waals surface area contributed by atoms with Crippen LogP contribution in [-0.4, -0.2) is 36.7 Å². The lowest BCUT2D eigenvalue weighted by molar-refractivity contribution is -0.171. The van der Waals surface area contributed by atoms with E-state index in [1.165, 1.54) is 20.8 Å². The van der Waals surface area contributed by atoms with Crippen LogP contribution in [0.15, 0.2) is 11.6 Å². The molecule has 0 radical (unpaired) electrons.